The summed E-state index contributed by atoms with van der Waals surface area (Å²) in [5.74, 6) is -1.08. The Bertz CT molecular complexity index is 393. The Labute approximate surface area is 127 Å². The number of unbranched alkanes of at least 4 members (excludes halogenated alkanes) is 8. The van der Waals surface area contributed by atoms with Crippen LogP contribution in [0.15, 0.2) is 18.2 Å². The lowest BCUT2D eigenvalue weighted by Crippen LogP contribution is -2.12. The zero-order chi connectivity index (χ0) is 15.5. The second kappa shape index (κ2) is 10.7. The molecule has 1 nitrogen and oxygen atoms in total. The summed E-state index contributed by atoms with van der Waals surface area (Å²) in [6, 6.07) is 3.32. The molecule has 21 heavy (non-hydrogen) atoms. The van der Waals surface area contributed by atoms with Crippen molar-refractivity contribution in [3.8, 4) is 0 Å². The lowest BCUT2D eigenvalue weighted by Gasteiger charge is -2.12. The fourth-order valence-electron chi connectivity index (χ4n) is 2.63. The lowest BCUT2D eigenvalue weighted by atomic mass is 9.99. The van der Waals surface area contributed by atoms with Crippen LogP contribution < -0.4 is 5.73 Å². The predicted molar refractivity (Wildman–Crippen MR) is 85.1 cm³/mol. The molecule has 0 aromatic heterocycles. The van der Waals surface area contributed by atoms with Gasteiger partial charge in [0.15, 0.2) is 0 Å². The molecule has 0 spiro atoms. The van der Waals surface area contributed by atoms with Gasteiger partial charge in [-0.2, -0.15) is 0 Å². The molecule has 0 amide bonds. The quantitative estimate of drug-likeness (QED) is 0.507. The molecule has 1 aromatic rings. The van der Waals surface area contributed by atoms with E-state index in [-0.39, 0.29) is 6.04 Å². The van der Waals surface area contributed by atoms with E-state index < -0.39 is 11.6 Å². The van der Waals surface area contributed by atoms with Gasteiger partial charge in [-0.05, 0) is 12.5 Å². The van der Waals surface area contributed by atoms with Crippen molar-refractivity contribution in [2.75, 3.05) is 0 Å². The smallest absolute Gasteiger partial charge is 0.130 e. The zero-order valence-corrected chi connectivity index (χ0v) is 13.2. The highest BCUT2D eigenvalue weighted by molar-refractivity contribution is 5.21. The molecule has 2 N–H and O–H groups in total. The molecule has 120 valence electrons. The molecule has 3 heteroatoms. The highest BCUT2D eigenvalue weighted by atomic mass is 19.1. The number of nitrogens with two attached hydrogens (primary N) is 1. The largest absolute Gasteiger partial charge is 0.324 e. The number of halogens is 2. The number of hydrogen-bond donors (Lipinski definition) is 1. The molecule has 0 aliphatic heterocycles. The molecule has 0 fully saturated rings. The van der Waals surface area contributed by atoms with Crippen LogP contribution in [-0.2, 0) is 0 Å². The lowest BCUT2D eigenvalue weighted by molar-refractivity contribution is 0.510. The van der Waals surface area contributed by atoms with Crippen molar-refractivity contribution in [1.29, 1.82) is 0 Å². The Morgan fingerprint density at radius 1 is 0.905 bits per heavy atom. The van der Waals surface area contributed by atoms with Gasteiger partial charge in [-0.3, -0.25) is 0 Å². The SMILES string of the molecule is CCCCCCCCCCCC(N)c1ccc(F)cc1F. The van der Waals surface area contributed by atoms with Crippen LogP contribution in [0.25, 0.3) is 0 Å². The molecule has 1 unspecified atom stereocenters. The summed E-state index contributed by atoms with van der Waals surface area (Å²) in [5.41, 5.74) is 6.41. The minimum absolute atomic E-state index is 0.324. The second-order valence-corrected chi connectivity index (χ2v) is 5.89. The van der Waals surface area contributed by atoms with Gasteiger partial charge < -0.3 is 5.73 Å². The van der Waals surface area contributed by atoms with Crippen LogP contribution in [0, 0.1) is 11.6 Å². The highest BCUT2D eigenvalue weighted by Gasteiger charge is 2.11. The third-order valence-corrected chi connectivity index (χ3v) is 3.98. The van der Waals surface area contributed by atoms with Crippen molar-refractivity contribution >= 4 is 0 Å². The van der Waals surface area contributed by atoms with Crippen molar-refractivity contribution in [2.24, 2.45) is 5.73 Å². The summed E-state index contributed by atoms with van der Waals surface area (Å²) in [5, 5.41) is 0. The Balaban J connectivity index is 2.09. The average molecular weight is 297 g/mol. The molecule has 0 aliphatic carbocycles. The van der Waals surface area contributed by atoms with Gasteiger partial charge in [-0.1, -0.05) is 70.8 Å². The van der Waals surface area contributed by atoms with Crippen molar-refractivity contribution in [2.45, 2.75) is 77.2 Å². The van der Waals surface area contributed by atoms with Crippen LogP contribution in [0.2, 0.25) is 0 Å². The van der Waals surface area contributed by atoms with E-state index in [0.29, 0.717) is 5.56 Å². The molecule has 0 saturated carbocycles. The van der Waals surface area contributed by atoms with Crippen LogP contribution in [0.5, 0.6) is 0 Å². The van der Waals surface area contributed by atoms with E-state index in [1.165, 1.54) is 57.1 Å². The van der Waals surface area contributed by atoms with E-state index in [9.17, 15) is 8.78 Å². The predicted octanol–water partition coefficient (Wildman–Crippen LogP) is 5.89. The van der Waals surface area contributed by atoms with Gasteiger partial charge in [0, 0.05) is 17.7 Å². The maximum absolute atomic E-state index is 13.6. The minimum atomic E-state index is -0.550. The minimum Gasteiger partial charge on any atom is -0.324 e. The maximum Gasteiger partial charge on any atom is 0.130 e. The molecule has 0 heterocycles. The van der Waals surface area contributed by atoms with Gasteiger partial charge in [0.05, 0.1) is 0 Å². The van der Waals surface area contributed by atoms with E-state index in [1.807, 2.05) is 0 Å². The van der Waals surface area contributed by atoms with Crippen molar-refractivity contribution in [1.82, 2.24) is 0 Å². The summed E-state index contributed by atoms with van der Waals surface area (Å²) in [6.45, 7) is 2.23. The Kier molecular flexibility index (Phi) is 9.24. The summed E-state index contributed by atoms with van der Waals surface area (Å²) < 4.78 is 26.4. The molecule has 0 radical (unpaired) electrons. The van der Waals surface area contributed by atoms with Crippen LogP contribution in [0.3, 0.4) is 0 Å². The van der Waals surface area contributed by atoms with E-state index in [2.05, 4.69) is 6.92 Å². The highest BCUT2D eigenvalue weighted by Crippen LogP contribution is 2.21. The first-order valence-electron chi connectivity index (χ1n) is 8.35. The summed E-state index contributed by atoms with van der Waals surface area (Å²) in [6.07, 6.45) is 12.1. The van der Waals surface area contributed by atoms with Crippen LogP contribution in [-0.4, -0.2) is 0 Å². The number of benzene rings is 1. The Morgan fingerprint density at radius 3 is 2.05 bits per heavy atom. The molecule has 0 saturated heterocycles. The van der Waals surface area contributed by atoms with Gasteiger partial charge in [0.2, 0.25) is 0 Å². The molecule has 1 aromatic carbocycles. The van der Waals surface area contributed by atoms with Crippen molar-refractivity contribution < 1.29 is 8.78 Å². The maximum atomic E-state index is 13.6. The van der Waals surface area contributed by atoms with Crippen LogP contribution in [0.1, 0.15) is 82.7 Å². The molecule has 1 rings (SSSR count). The number of hydrogen-bond acceptors (Lipinski definition) is 1. The van der Waals surface area contributed by atoms with E-state index >= 15 is 0 Å². The fourth-order valence-corrected chi connectivity index (χ4v) is 2.63. The summed E-state index contributed by atoms with van der Waals surface area (Å²) >= 11 is 0. The van der Waals surface area contributed by atoms with E-state index in [1.54, 1.807) is 0 Å². The van der Waals surface area contributed by atoms with Gasteiger partial charge in [0.1, 0.15) is 11.6 Å². The molecule has 0 bridgehead atoms. The fraction of sp³-hybridized carbons (Fsp3) is 0.667. The van der Waals surface area contributed by atoms with Crippen LogP contribution >= 0.6 is 0 Å². The Morgan fingerprint density at radius 2 is 1.48 bits per heavy atom. The standard InChI is InChI=1S/C18H29F2N/c1-2-3-4-5-6-7-8-9-10-11-18(21)16-13-12-15(19)14-17(16)20/h12-14,18H,2-11,21H2,1H3. The van der Waals surface area contributed by atoms with Gasteiger partial charge in [-0.15, -0.1) is 0 Å². The third kappa shape index (κ3) is 7.56. The van der Waals surface area contributed by atoms with Crippen molar-refractivity contribution in [3.63, 3.8) is 0 Å². The average Bonchev–Trinajstić information content (AvgIpc) is 2.45. The van der Waals surface area contributed by atoms with E-state index in [4.69, 9.17) is 5.73 Å². The normalized spacial score (nSPS) is 12.6. The first-order valence-corrected chi connectivity index (χ1v) is 8.35. The second-order valence-electron chi connectivity index (χ2n) is 5.89. The topological polar surface area (TPSA) is 26.0 Å². The third-order valence-electron chi connectivity index (χ3n) is 3.98. The molecular formula is C18H29F2N. The monoisotopic (exact) mass is 297 g/mol. The molecule has 1 atom stereocenters. The van der Waals surface area contributed by atoms with E-state index in [0.717, 1.165) is 25.3 Å². The van der Waals surface area contributed by atoms with Gasteiger partial charge in [-0.25, -0.2) is 8.78 Å². The zero-order valence-electron chi connectivity index (χ0n) is 13.2. The summed E-state index contributed by atoms with van der Waals surface area (Å²) in [4.78, 5) is 0. The van der Waals surface area contributed by atoms with Crippen molar-refractivity contribution in [3.05, 3.63) is 35.4 Å². The first-order chi connectivity index (χ1) is 10.1. The van der Waals surface area contributed by atoms with Gasteiger partial charge in [0.25, 0.3) is 0 Å². The number of rotatable bonds is 11. The molecule has 0 aliphatic rings. The van der Waals surface area contributed by atoms with Crippen LogP contribution in [0.4, 0.5) is 8.78 Å². The first kappa shape index (κ1) is 18.1. The Hall–Kier alpha value is -0.960. The molecular weight excluding hydrogens is 268 g/mol. The summed E-state index contributed by atoms with van der Waals surface area (Å²) in [7, 11) is 0. The van der Waals surface area contributed by atoms with Gasteiger partial charge >= 0.3 is 0 Å².